The van der Waals surface area contributed by atoms with E-state index in [1.165, 1.54) is 44.9 Å². The third-order valence-electron chi connectivity index (χ3n) is 8.34. The molecule has 0 radical (unpaired) electrons. The Labute approximate surface area is 209 Å². The van der Waals surface area contributed by atoms with Gasteiger partial charge in [-0.15, -0.1) is 0 Å². The van der Waals surface area contributed by atoms with E-state index in [-0.39, 0.29) is 17.9 Å². The zero-order valence-electron chi connectivity index (χ0n) is 21.2. The maximum absolute atomic E-state index is 14.0. The number of carbonyl (C=O) groups excluding carboxylic acids is 2. The van der Waals surface area contributed by atoms with Gasteiger partial charge in [0.1, 0.15) is 11.2 Å². The number of carbonyl (C=O) groups is 2. The summed E-state index contributed by atoms with van der Waals surface area (Å²) in [5, 5.41) is 3.40. The molecule has 1 aliphatic carbocycles. The van der Waals surface area contributed by atoms with Crippen LogP contribution in [-0.2, 0) is 11.3 Å². The molecule has 3 heterocycles. The van der Waals surface area contributed by atoms with Crippen LogP contribution >= 0.6 is 0 Å². The Balaban J connectivity index is 1.44. The summed E-state index contributed by atoms with van der Waals surface area (Å²) in [6, 6.07) is 14.3. The van der Waals surface area contributed by atoms with E-state index in [4.69, 9.17) is 0 Å². The second-order valence-corrected chi connectivity index (χ2v) is 10.9. The number of rotatable bonds is 6. The van der Waals surface area contributed by atoms with Crippen LogP contribution in [0.3, 0.4) is 0 Å². The molecule has 0 spiro atoms. The molecule has 1 unspecified atom stereocenters. The number of benzene rings is 1. The molecule has 5 rings (SSSR count). The highest BCUT2D eigenvalue weighted by Gasteiger charge is 2.48. The predicted octanol–water partition coefficient (Wildman–Crippen LogP) is 4.69. The van der Waals surface area contributed by atoms with Crippen LogP contribution in [0.1, 0.15) is 75.2 Å². The molecule has 0 bridgehead atoms. The van der Waals surface area contributed by atoms with Gasteiger partial charge in [0.25, 0.3) is 5.91 Å². The van der Waals surface area contributed by atoms with Crippen LogP contribution in [0.4, 0.5) is 0 Å². The van der Waals surface area contributed by atoms with Crippen molar-refractivity contribution in [3.63, 3.8) is 0 Å². The van der Waals surface area contributed by atoms with Crippen LogP contribution in [0.5, 0.6) is 0 Å². The van der Waals surface area contributed by atoms with E-state index in [1.54, 1.807) is 0 Å². The minimum absolute atomic E-state index is 0.00351. The fourth-order valence-corrected chi connectivity index (χ4v) is 6.17. The molecule has 6 heteroatoms. The van der Waals surface area contributed by atoms with Gasteiger partial charge in [-0.2, -0.15) is 0 Å². The second-order valence-electron chi connectivity index (χ2n) is 10.9. The van der Waals surface area contributed by atoms with E-state index in [9.17, 15) is 9.59 Å². The van der Waals surface area contributed by atoms with Crippen molar-refractivity contribution in [2.24, 2.45) is 0 Å². The first-order chi connectivity index (χ1) is 17.1. The molecule has 2 amide bonds. The number of likely N-dealkylation sites (tertiary alicyclic amines) is 1. The largest absolute Gasteiger partial charge is 0.351 e. The van der Waals surface area contributed by atoms with Gasteiger partial charge in [-0.25, -0.2) is 0 Å². The SMILES string of the molecule is CC1(C(=O)NC2CCCCCCC2)Cn2c(ccc2-c2ccccc2)C(=O)N1CCN1CCCC1. The lowest BCUT2D eigenvalue weighted by Crippen LogP contribution is -2.65. The molecular weight excluding hydrogens is 436 g/mol. The maximum atomic E-state index is 14.0. The van der Waals surface area contributed by atoms with Crippen LogP contribution in [0.2, 0.25) is 0 Å². The van der Waals surface area contributed by atoms with Crippen molar-refractivity contribution >= 4 is 11.8 Å². The number of hydrogen-bond donors (Lipinski definition) is 1. The van der Waals surface area contributed by atoms with Gasteiger partial charge >= 0.3 is 0 Å². The van der Waals surface area contributed by atoms with Crippen LogP contribution in [0.15, 0.2) is 42.5 Å². The molecule has 188 valence electrons. The molecule has 1 N–H and O–H groups in total. The zero-order chi connectivity index (χ0) is 24.3. The fourth-order valence-electron chi connectivity index (χ4n) is 6.17. The molecule has 3 aliphatic rings. The first kappa shape index (κ1) is 24.1. The summed E-state index contributed by atoms with van der Waals surface area (Å²) >= 11 is 0. The summed E-state index contributed by atoms with van der Waals surface area (Å²) in [7, 11) is 0. The molecule has 1 atom stereocenters. The van der Waals surface area contributed by atoms with Crippen molar-refractivity contribution in [2.45, 2.75) is 82.8 Å². The number of aromatic nitrogens is 1. The monoisotopic (exact) mass is 476 g/mol. The lowest BCUT2D eigenvalue weighted by Gasteiger charge is -2.45. The van der Waals surface area contributed by atoms with Gasteiger partial charge in [-0.1, -0.05) is 62.4 Å². The van der Waals surface area contributed by atoms with Gasteiger partial charge < -0.3 is 19.7 Å². The van der Waals surface area contributed by atoms with Crippen LogP contribution < -0.4 is 5.32 Å². The van der Waals surface area contributed by atoms with Crippen molar-refractivity contribution in [3.8, 4) is 11.3 Å². The number of fused-ring (bicyclic) bond motifs is 1. The van der Waals surface area contributed by atoms with E-state index in [2.05, 4.69) is 26.9 Å². The Kier molecular flexibility index (Phi) is 7.28. The van der Waals surface area contributed by atoms with Gasteiger partial charge in [-0.05, 0) is 63.4 Å². The van der Waals surface area contributed by atoms with Crippen LogP contribution in [0.25, 0.3) is 11.3 Å². The summed E-state index contributed by atoms with van der Waals surface area (Å²) in [4.78, 5) is 32.2. The summed E-state index contributed by atoms with van der Waals surface area (Å²) in [6.07, 6.45) is 10.6. The quantitative estimate of drug-likeness (QED) is 0.658. The Morgan fingerprint density at radius 1 is 0.886 bits per heavy atom. The number of hydrogen-bond acceptors (Lipinski definition) is 3. The molecule has 1 saturated heterocycles. The fraction of sp³-hybridized carbons (Fsp3) is 0.586. The van der Waals surface area contributed by atoms with Gasteiger partial charge in [-0.3, -0.25) is 9.59 Å². The first-order valence-corrected chi connectivity index (χ1v) is 13.7. The van der Waals surface area contributed by atoms with Crippen molar-refractivity contribution in [1.82, 2.24) is 19.7 Å². The predicted molar refractivity (Wildman–Crippen MR) is 139 cm³/mol. The van der Waals surface area contributed by atoms with E-state index >= 15 is 0 Å². The van der Waals surface area contributed by atoms with E-state index < -0.39 is 5.54 Å². The number of nitrogens with one attached hydrogen (secondary N) is 1. The van der Waals surface area contributed by atoms with Gasteiger partial charge in [0.2, 0.25) is 5.91 Å². The average molecular weight is 477 g/mol. The maximum Gasteiger partial charge on any atom is 0.271 e. The lowest BCUT2D eigenvalue weighted by molar-refractivity contribution is -0.133. The minimum atomic E-state index is -0.922. The summed E-state index contributed by atoms with van der Waals surface area (Å²) in [6.45, 7) is 6.03. The van der Waals surface area contributed by atoms with Crippen molar-refractivity contribution < 1.29 is 9.59 Å². The smallest absolute Gasteiger partial charge is 0.271 e. The highest BCUT2D eigenvalue weighted by molar-refractivity contribution is 6.00. The molecular formula is C29H40N4O2. The second kappa shape index (κ2) is 10.6. The van der Waals surface area contributed by atoms with Crippen molar-refractivity contribution in [3.05, 3.63) is 48.2 Å². The summed E-state index contributed by atoms with van der Waals surface area (Å²) in [5.74, 6) is -0.0378. The number of amides is 2. The minimum Gasteiger partial charge on any atom is -0.351 e. The van der Waals surface area contributed by atoms with Crippen LogP contribution in [-0.4, -0.2) is 63.9 Å². The van der Waals surface area contributed by atoms with Gasteiger partial charge in [0.05, 0.1) is 6.54 Å². The van der Waals surface area contributed by atoms with Gasteiger partial charge in [0, 0.05) is 24.8 Å². The van der Waals surface area contributed by atoms with E-state index in [1.807, 2.05) is 42.2 Å². The molecule has 6 nitrogen and oxygen atoms in total. The standard InChI is InChI=1S/C29H40N4O2/c1-29(28(35)30-24-14-8-3-2-4-9-15-24)22-32-25(23-12-6-5-7-13-23)16-17-26(32)27(34)33(29)21-20-31-18-10-11-19-31/h5-7,12-13,16-17,24H,2-4,8-11,14-15,18-22H2,1H3,(H,30,35). The molecule has 1 aromatic carbocycles. The molecule has 2 fully saturated rings. The summed E-state index contributed by atoms with van der Waals surface area (Å²) in [5.41, 5.74) is 1.83. The summed E-state index contributed by atoms with van der Waals surface area (Å²) < 4.78 is 2.07. The topological polar surface area (TPSA) is 57.6 Å². The Hall–Kier alpha value is -2.60. The van der Waals surface area contributed by atoms with Crippen molar-refractivity contribution in [2.75, 3.05) is 26.2 Å². The van der Waals surface area contributed by atoms with Crippen molar-refractivity contribution in [1.29, 1.82) is 0 Å². The number of nitrogens with zero attached hydrogens (tertiary/aromatic N) is 3. The third kappa shape index (κ3) is 5.04. The molecule has 35 heavy (non-hydrogen) atoms. The molecule has 1 saturated carbocycles. The first-order valence-electron chi connectivity index (χ1n) is 13.7. The highest BCUT2D eigenvalue weighted by atomic mass is 16.2. The Bertz CT molecular complexity index is 1020. The van der Waals surface area contributed by atoms with E-state index in [0.717, 1.165) is 43.7 Å². The molecule has 2 aromatic rings. The normalized spacial score (nSPS) is 24.1. The zero-order valence-corrected chi connectivity index (χ0v) is 21.2. The Morgan fingerprint density at radius 2 is 1.54 bits per heavy atom. The third-order valence-corrected chi connectivity index (χ3v) is 8.34. The van der Waals surface area contributed by atoms with Crippen LogP contribution in [0, 0.1) is 0 Å². The average Bonchev–Trinajstić information content (AvgIpc) is 3.51. The van der Waals surface area contributed by atoms with Gasteiger partial charge in [0.15, 0.2) is 0 Å². The van der Waals surface area contributed by atoms with E-state index in [0.29, 0.717) is 18.8 Å². The lowest BCUT2D eigenvalue weighted by atomic mass is 9.92. The highest BCUT2D eigenvalue weighted by Crippen LogP contribution is 2.33. The Morgan fingerprint density at radius 3 is 2.26 bits per heavy atom. The molecule has 1 aromatic heterocycles. The molecule has 2 aliphatic heterocycles.